The van der Waals surface area contributed by atoms with Gasteiger partial charge in [-0.15, -0.1) is 0 Å². The van der Waals surface area contributed by atoms with Crippen molar-refractivity contribution in [2.75, 3.05) is 27.3 Å². The van der Waals surface area contributed by atoms with Crippen molar-refractivity contribution < 1.29 is 23.8 Å². The number of hydrogen-bond donors (Lipinski definition) is 0. The average Bonchev–Trinajstić information content (AvgIpc) is 2.95. The lowest BCUT2D eigenvalue weighted by molar-refractivity contribution is -0.155. The summed E-state index contributed by atoms with van der Waals surface area (Å²) in [5.41, 5.74) is 1.40. The Labute approximate surface area is 164 Å². The van der Waals surface area contributed by atoms with Gasteiger partial charge >= 0.3 is 5.97 Å². The van der Waals surface area contributed by atoms with Crippen LogP contribution in [0.3, 0.4) is 0 Å². The van der Waals surface area contributed by atoms with E-state index < -0.39 is 12.1 Å². The summed E-state index contributed by atoms with van der Waals surface area (Å²) < 4.78 is 16.7. The number of benzene rings is 2. The van der Waals surface area contributed by atoms with Crippen LogP contribution in [0, 0.1) is 0 Å². The van der Waals surface area contributed by atoms with Crippen molar-refractivity contribution >= 4 is 18.0 Å². The molecule has 0 saturated carbocycles. The maximum absolute atomic E-state index is 12.4. The second-order valence-corrected chi connectivity index (χ2v) is 6.55. The zero-order valence-corrected chi connectivity index (χ0v) is 16.0. The summed E-state index contributed by atoms with van der Waals surface area (Å²) in [5.74, 6) is 0.440. The lowest BCUT2D eigenvalue weighted by Gasteiger charge is -2.20. The van der Waals surface area contributed by atoms with Crippen molar-refractivity contribution in [3.63, 3.8) is 0 Å². The van der Waals surface area contributed by atoms with Crippen LogP contribution in [0.15, 0.2) is 54.6 Å². The van der Waals surface area contributed by atoms with Crippen LogP contribution >= 0.6 is 0 Å². The number of ether oxygens (including phenoxy) is 3. The summed E-state index contributed by atoms with van der Waals surface area (Å²) in [6.45, 7) is 1.21. The van der Waals surface area contributed by atoms with Crippen LogP contribution in [0.5, 0.6) is 11.5 Å². The Morgan fingerprint density at radius 2 is 1.75 bits per heavy atom. The zero-order valence-electron chi connectivity index (χ0n) is 16.0. The molecule has 1 heterocycles. The lowest BCUT2D eigenvalue weighted by atomic mass is 10.1. The van der Waals surface area contributed by atoms with Gasteiger partial charge in [0.05, 0.1) is 13.2 Å². The third-order valence-corrected chi connectivity index (χ3v) is 4.18. The van der Waals surface area contributed by atoms with E-state index >= 15 is 0 Å². The summed E-state index contributed by atoms with van der Waals surface area (Å²) in [7, 11) is 3.25. The number of fused-ring (bicyclic) bond motifs is 1. The van der Waals surface area contributed by atoms with Gasteiger partial charge in [-0.2, -0.15) is 0 Å². The Hall–Kier alpha value is -3.28. The first kappa shape index (κ1) is 19.5. The number of rotatable bonds is 5. The van der Waals surface area contributed by atoms with Crippen molar-refractivity contribution in [2.45, 2.75) is 12.5 Å². The maximum Gasteiger partial charge on any atom is 0.331 e. The van der Waals surface area contributed by atoms with Gasteiger partial charge in [0.15, 0.2) is 11.5 Å². The van der Waals surface area contributed by atoms with E-state index in [4.69, 9.17) is 14.2 Å². The Balaban J connectivity index is 1.72. The highest BCUT2D eigenvalue weighted by Gasteiger charge is 2.25. The molecule has 6 nitrogen and oxygen atoms in total. The normalized spacial score (nSPS) is 14.2. The van der Waals surface area contributed by atoms with E-state index in [-0.39, 0.29) is 5.91 Å². The van der Waals surface area contributed by atoms with E-state index in [2.05, 4.69) is 0 Å². The quantitative estimate of drug-likeness (QED) is 0.588. The molecule has 0 aromatic heterocycles. The minimum atomic E-state index is -0.989. The third kappa shape index (κ3) is 4.91. The fraction of sp³-hybridized carbons (Fsp3) is 0.273. The van der Waals surface area contributed by atoms with Crippen molar-refractivity contribution in [1.29, 1.82) is 0 Å². The summed E-state index contributed by atoms with van der Waals surface area (Å²) in [6, 6.07) is 14.4. The molecule has 0 aliphatic carbocycles. The van der Waals surface area contributed by atoms with Crippen LogP contribution in [0.25, 0.3) is 6.08 Å². The third-order valence-electron chi connectivity index (χ3n) is 4.18. The molecular weight excluding hydrogens is 358 g/mol. The molecule has 2 aromatic rings. The SMILES string of the molecule is CN(C)C(=O)[C@H](OC(=O)/C=C/c1ccc2c(c1)OCCCO2)c1ccccc1. The molecule has 0 N–H and O–H groups in total. The first-order chi connectivity index (χ1) is 13.5. The van der Waals surface area contributed by atoms with Gasteiger partial charge in [-0.05, 0) is 23.8 Å². The van der Waals surface area contributed by atoms with Crippen molar-refractivity contribution in [2.24, 2.45) is 0 Å². The molecule has 28 heavy (non-hydrogen) atoms. The number of amides is 1. The number of carbonyl (C=O) groups excluding carboxylic acids is 2. The lowest BCUT2D eigenvalue weighted by Crippen LogP contribution is -2.30. The van der Waals surface area contributed by atoms with E-state index in [1.165, 1.54) is 11.0 Å². The van der Waals surface area contributed by atoms with E-state index in [0.29, 0.717) is 30.3 Å². The highest BCUT2D eigenvalue weighted by atomic mass is 16.5. The second kappa shape index (κ2) is 9.08. The molecule has 1 aliphatic heterocycles. The Kier molecular flexibility index (Phi) is 6.32. The minimum Gasteiger partial charge on any atom is -0.490 e. The fourth-order valence-electron chi connectivity index (χ4n) is 2.73. The maximum atomic E-state index is 12.4. The predicted molar refractivity (Wildman–Crippen MR) is 105 cm³/mol. The number of likely N-dealkylation sites (N-methyl/N-ethyl adjacent to an activating group) is 1. The molecule has 0 saturated heterocycles. The van der Waals surface area contributed by atoms with E-state index in [9.17, 15) is 9.59 Å². The molecular formula is C22H23NO5. The molecule has 0 fully saturated rings. The number of carbonyl (C=O) groups is 2. The van der Waals surface area contributed by atoms with E-state index in [1.54, 1.807) is 44.4 Å². The molecule has 0 bridgehead atoms. The Bertz CT molecular complexity index is 860. The average molecular weight is 381 g/mol. The van der Waals surface area contributed by atoms with Gasteiger partial charge in [-0.1, -0.05) is 36.4 Å². The minimum absolute atomic E-state index is 0.302. The molecule has 1 amide bonds. The molecule has 146 valence electrons. The highest BCUT2D eigenvalue weighted by Crippen LogP contribution is 2.30. The van der Waals surface area contributed by atoms with Crippen LogP contribution in [0.2, 0.25) is 0 Å². The first-order valence-corrected chi connectivity index (χ1v) is 9.09. The molecule has 3 rings (SSSR count). The van der Waals surface area contributed by atoms with Crippen LogP contribution in [-0.2, 0) is 14.3 Å². The number of esters is 1. The van der Waals surface area contributed by atoms with Gasteiger partial charge in [-0.25, -0.2) is 4.79 Å². The van der Waals surface area contributed by atoms with Gasteiger partial charge in [0.25, 0.3) is 5.91 Å². The first-order valence-electron chi connectivity index (χ1n) is 9.09. The fourth-order valence-corrected chi connectivity index (χ4v) is 2.73. The highest BCUT2D eigenvalue weighted by molar-refractivity contribution is 5.91. The van der Waals surface area contributed by atoms with Crippen molar-refractivity contribution in [3.8, 4) is 11.5 Å². The number of nitrogens with zero attached hydrogens (tertiary/aromatic N) is 1. The molecule has 2 aromatic carbocycles. The van der Waals surface area contributed by atoms with Crippen LogP contribution in [0.4, 0.5) is 0 Å². The molecule has 0 unspecified atom stereocenters. The Morgan fingerprint density at radius 3 is 2.46 bits per heavy atom. The molecule has 6 heteroatoms. The second-order valence-electron chi connectivity index (χ2n) is 6.55. The van der Waals surface area contributed by atoms with Gasteiger partial charge in [0, 0.05) is 32.2 Å². The van der Waals surface area contributed by atoms with Crippen LogP contribution in [0.1, 0.15) is 23.7 Å². The molecule has 0 radical (unpaired) electrons. The zero-order chi connectivity index (χ0) is 19.9. The van der Waals surface area contributed by atoms with Crippen LogP contribution in [-0.4, -0.2) is 44.1 Å². The Morgan fingerprint density at radius 1 is 1.04 bits per heavy atom. The topological polar surface area (TPSA) is 65.1 Å². The molecule has 1 aliphatic rings. The van der Waals surface area contributed by atoms with E-state index in [1.807, 2.05) is 24.3 Å². The summed E-state index contributed by atoms with van der Waals surface area (Å²) in [5, 5.41) is 0. The van der Waals surface area contributed by atoms with E-state index in [0.717, 1.165) is 12.0 Å². The van der Waals surface area contributed by atoms with Gasteiger partial charge in [0.2, 0.25) is 6.10 Å². The largest absolute Gasteiger partial charge is 0.490 e. The van der Waals surface area contributed by atoms with Crippen LogP contribution < -0.4 is 9.47 Å². The smallest absolute Gasteiger partial charge is 0.331 e. The standard InChI is InChI=1S/C22H23NO5/c1-23(2)22(25)21(17-7-4-3-5-8-17)28-20(24)12-10-16-9-11-18-19(15-16)27-14-6-13-26-18/h3-5,7-12,15,21H,6,13-14H2,1-2H3/b12-10+/t21-/m1/s1. The van der Waals surface area contributed by atoms with Gasteiger partial charge in [-0.3, -0.25) is 4.79 Å². The summed E-state index contributed by atoms with van der Waals surface area (Å²) in [6.07, 6.45) is 2.77. The van der Waals surface area contributed by atoms with Gasteiger partial charge in [0.1, 0.15) is 0 Å². The predicted octanol–water partition coefficient (Wildman–Crippen LogP) is 3.23. The monoisotopic (exact) mass is 381 g/mol. The summed E-state index contributed by atoms with van der Waals surface area (Å²) in [4.78, 5) is 26.2. The summed E-state index contributed by atoms with van der Waals surface area (Å²) >= 11 is 0. The van der Waals surface area contributed by atoms with Gasteiger partial charge < -0.3 is 19.1 Å². The van der Waals surface area contributed by atoms with Crippen molar-refractivity contribution in [3.05, 3.63) is 65.7 Å². The number of hydrogen-bond acceptors (Lipinski definition) is 5. The molecule has 1 atom stereocenters. The van der Waals surface area contributed by atoms with Crippen molar-refractivity contribution in [1.82, 2.24) is 4.90 Å². The molecule has 0 spiro atoms.